The van der Waals surface area contributed by atoms with Gasteiger partial charge in [-0.1, -0.05) is 30.4 Å². The summed E-state index contributed by atoms with van der Waals surface area (Å²) in [5, 5.41) is 4.23. The van der Waals surface area contributed by atoms with Gasteiger partial charge in [0.25, 0.3) is 5.56 Å². The van der Waals surface area contributed by atoms with E-state index >= 15 is 0 Å². The van der Waals surface area contributed by atoms with Crippen molar-refractivity contribution in [2.75, 3.05) is 18.0 Å². The average Bonchev–Trinajstić information content (AvgIpc) is 3.10. The zero-order chi connectivity index (χ0) is 16.4. The number of rotatable bonds is 5. The van der Waals surface area contributed by atoms with E-state index in [1.165, 1.54) is 21.5 Å². The van der Waals surface area contributed by atoms with Crippen molar-refractivity contribution >= 4 is 28.1 Å². The monoisotopic (exact) mass is 328 g/mol. The summed E-state index contributed by atoms with van der Waals surface area (Å²) in [6, 6.07) is 8.27. The molecule has 0 N–H and O–H groups in total. The fourth-order valence-electron chi connectivity index (χ4n) is 2.55. The third-order valence-corrected chi connectivity index (χ3v) is 4.82. The number of hydrogen-bond donors (Lipinski definition) is 0. The smallest absolute Gasteiger partial charge is 0.291 e. The molecule has 2 heterocycles. The maximum atomic E-state index is 12.4. The Morgan fingerprint density at radius 2 is 1.87 bits per heavy atom. The Morgan fingerprint density at radius 3 is 2.43 bits per heavy atom. The highest BCUT2D eigenvalue weighted by Crippen LogP contribution is 2.15. The van der Waals surface area contributed by atoms with Gasteiger partial charge in [-0.3, -0.25) is 4.79 Å². The fourth-order valence-corrected chi connectivity index (χ4v) is 3.47. The third kappa shape index (κ3) is 2.99. The van der Waals surface area contributed by atoms with Crippen molar-refractivity contribution < 1.29 is 0 Å². The molecule has 0 amide bonds. The first-order chi connectivity index (χ1) is 11.2. The number of benzene rings is 1. The van der Waals surface area contributed by atoms with Crippen LogP contribution in [0.15, 0.2) is 29.1 Å². The molecule has 0 fully saturated rings. The summed E-state index contributed by atoms with van der Waals surface area (Å²) >= 11 is 1.39. The zero-order valence-electron chi connectivity index (χ0n) is 13.6. The van der Waals surface area contributed by atoms with E-state index in [4.69, 9.17) is 0 Å². The first kappa shape index (κ1) is 15.7. The molecular weight excluding hydrogens is 308 g/mol. The second-order valence-corrected chi connectivity index (χ2v) is 6.26. The van der Waals surface area contributed by atoms with E-state index in [0.717, 1.165) is 25.1 Å². The van der Waals surface area contributed by atoms with E-state index < -0.39 is 0 Å². The molecule has 0 aliphatic carbocycles. The first-order valence-corrected chi connectivity index (χ1v) is 8.73. The summed E-state index contributed by atoms with van der Waals surface area (Å²) in [5.74, 6) is 0.712. The lowest BCUT2D eigenvalue weighted by molar-refractivity contribution is 0.866. The minimum atomic E-state index is -0.0926. The Kier molecular flexibility index (Phi) is 4.43. The summed E-state index contributed by atoms with van der Waals surface area (Å²) in [6.07, 6.45) is 2.64. The molecule has 6 heteroatoms. The number of aromatic nitrogens is 3. The van der Waals surface area contributed by atoms with Crippen molar-refractivity contribution in [1.29, 1.82) is 0 Å². The van der Waals surface area contributed by atoms with Gasteiger partial charge in [0.2, 0.25) is 4.96 Å². The van der Waals surface area contributed by atoms with Gasteiger partial charge in [-0.05, 0) is 37.6 Å². The fraction of sp³-hybridized carbons (Fsp3) is 0.353. The molecule has 0 atom stereocenters. The van der Waals surface area contributed by atoms with Crippen molar-refractivity contribution in [1.82, 2.24) is 14.6 Å². The lowest BCUT2D eigenvalue weighted by atomic mass is 10.2. The Labute approximate surface area is 138 Å². The molecule has 5 nitrogen and oxygen atoms in total. The maximum Gasteiger partial charge on any atom is 0.291 e. The minimum absolute atomic E-state index is 0.0926. The van der Waals surface area contributed by atoms with Crippen LogP contribution in [-0.2, 0) is 6.42 Å². The molecule has 0 aliphatic rings. The van der Waals surface area contributed by atoms with Crippen LogP contribution in [0, 0.1) is 0 Å². The van der Waals surface area contributed by atoms with Crippen LogP contribution in [0.4, 0.5) is 5.69 Å². The summed E-state index contributed by atoms with van der Waals surface area (Å²) in [6.45, 7) is 8.24. The van der Waals surface area contributed by atoms with E-state index in [1.807, 2.05) is 25.1 Å². The topological polar surface area (TPSA) is 50.5 Å². The van der Waals surface area contributed by atoms with Crippen molar-refractivity contribution in [2.45, 2.75) is 27.2 Å². The number of thiazole rings is 1. The molecule has 0 saturated carbocycles. The number of hydrogen-bond acceptors (Lipinski definition) is 5. The van der Waals surface area contributed by atoms with Crippen LogP contribution < -0.4 is 15.0 Å². The third-order valence-electron chi connectivity index (χ3n) is 3.86. The van der Waals surface area contributed by atoms with Crippen LogP contribution in [0.1, 0.15) is 32.2 Å². The minimum Gasteiger partial charge on any atom is -0.372 e. The first-order valence-electron chi connectivity index (χ1n) is 7.91. The van der Waals surface area contributed by atoms with Gasteiger partial charge in [-0.2, -0.15) is 4.52 Å². The van der Waals surface area contributed by atoms with Crippen LogP contribution in [0.5, 0.6) is 0 Å². The van der Waals surface area contributed by atoms with Crippen LogP contribution in [0.3, 0.4) is 0 Å². The van der Waals surface area contributed by atoms with E-state index in [1.54, 1.807) is 0 Å². The second kappa shape index (κ2) is 6.50. The summed E-state index contributed by atoms with van der Waals surface area (Å²) in [4.78, 5) is 19.7. The highest BCUT2D eigenvalue weighted by molar-refractivity contribution is 7.15. The van der Waals surface area contributed by atoms with E-state index in [2.05, 4.69) is 41.0 Å². The molecule has 1 aromatic carbocycles. The Morgan fingerprint density at radius 1 is 1.17 bits per heavy atom. The van der Waals surface area contributed by atoms with Gasteiger partial charge in [-0.15, -0.1) is 5.10 Å². The van der Waals surface area contributed by atoms with E-state index in [-0.39, 0.29) is 5.56 Å². The molecule has 120 valence electrons. The Balaban J connectivity index is 1.96. The van der Waals surface area contributed by atoms with E-state index in [0.29, 0.717) is 15.3 Å². The number of nitrogens with zero attached hydrogens (tertiary/aromatic N) is 4. The number of anilines is 1. The summed E-state index contributed by atoms with van der Waals surface area (Å²) < 4.78 is 2.07. The molecule has 0 radical (unpaired) electrons. The van der Waals surface area contributed by atoms with Crippen LogP contribution in [-0.4, -0.2) is 27.7 Å². The van der Waals surface area contributed by atoms with Crippen LogP contribution in [0.25, 0.3) is 11.0 Å². The normalized spacial score (nSPS) is 12.2. The van der Waals surface area contributed by atoms with Gasteiger partial charge in [0.1, 0.15) is 0 Å². The van der Waals surface area contributed by atoms with Gasteiger partial charge in [0.05, 0.1) is 4.53 Å². The molecule has 0 bridgehead atoms. The molecule has 0 aliphatic heterocycles. The Bertz CT molecular complexity index is 907. The van der Waals surface area contributed by atoms with Gasteiger partial charge in [0.15, 0.2) is 5.82 Å². The Hall–Kier alpha value is -2.21. The molecule has 3 aromatic rings. The molecule has 3 rings (SSSR count). The van der Waals surface area contributed by atoms with Crippen molar-refractivity contribution in [3.63, 3.8) is 0 Å². The zero-order valence-corrected chi connectivity index (χ0v) is 14.4. The molecule has 23 heavy (non-hydrogen) atoms. The predicted molar refractivity (Wildman–Crippen MR) is 95.3 cm³/mol. The SMILES string of the molecule is CCc1nc2s/c(=C\c3ccc(N(CC)CC)cc3)c(=O)n2n1. The van der Waals surface area contributed by atoms with Gasteiger partial charge >= 0.3 is 0 Å². The highest BCUT2D eigenvalue weighted by atomic mass is 32.1. The molecule has 2 aromatic heterocycles. The van der Waals surface area contributed by atoms with Crippen molar-refractivity contribution in [3.8, 4) is 0 Å². The number of fused-ring (bicyclic) bond motifs is 1. The number of aryl methyl sites for hydroxylation is 1. The van der Waals surface area contributed by atoms with Crippen LogP contribution in [0.2, 0.25) is 0 Å². The standard InChI is InChI=1S/C17H20N4OS/c1-4-15-18-17-21(19-15)16(22)14(23-17)11-12-7-9-13(10-8-12)20(5-2)6-3/h7-11H,4-6H2,1-3H3/b14-11-. The van der Waals surface area contributed by atoms with Gasteiger partial charge in [-0.25, -0.2) is 4.98 Å². The molecule has 0 spiro atoms. The summed E-state index contributed by atoms with van der Waals surface area (Å²) in [5.41, 5.74) is 2.12. The quantitative estimate of drug-likeness (QED) is 0.720. The average molecular weight is 328 g/mol. The molecule has 0 saturated heterocycles. The van der Waals surface area contributed by atoms with Gasteiger partial charge in [0, 0.05) is 25.2 Å². The van der Waals surface area contributed by atoms with Crippen molar-refractivity contribution in [2.24, 2.45) is 0 Å². The van der Waals surface area contributed by atoms with Crippen LogP contribution >= 0.6 is 11.3 Å². The second-order valence-electron chi connectivity index (χ2n) is 5.26. The largest absolute Gasteiger partial charge is 0.372 e. The molecule has 0 unspecified atom stereocenters. The van der Waals surface area contributed by atoms with E-state index in [9.17, 15) is 4.79 Å². The molecular formula is C17H20N4OS. The lowest BCUT2D eigenvalue weighted by Crippen LogP contribution is -2.24. The predicted octanol–water partition coefficient (Wildman–Crippen LogP) is 2.11. The van der Waals surface area contributed by atoms with Gasteiger partial charge < -0.3 is 4.90 Å². The summed E-state index contributed by atoms with van der Waals surface area (Å²) in [7, 11) is 0. The lowest BCUT2D eigenvalue weighted by Gasteiger charge is -2.20. The van der Waals surface area contributed by atoms with Crippen molar-refractivity contribution in [3.05, 3.63) is 50.5 Å². The highest BCUT2D eigenvalue weighted by Gasteiger charge is 2.09. The maximum absolute atomic E-state index is 12.4.